The first-order valence-corrected chi connectivity index (χ1v) is 6.09. The van der Waals surface area contributed by atoms with E-state index in [9.17, 15) is 15.0 Å². The van der Waals surface area contributed by atoms with E-state index in [4.69, 9.17) is 0 Å². The molecule has 2 atom stereocenters. The molecular weight excluding hydrogens is 228 g/mol. The highest BCUT2D eigenvalue weighted by molar-refractivity contribution is 6.00. The lowest BCUT2D eigenvalue weighted by atomic mass is 9.71. The largest absolute Gasteiger partial charge is 0.385 e. The molecular formula is C15H22O3. The number of hydrogen-bond donors (Lipinski definition) is 2. The van der Waals surface area contributed by atoms with Crippen molar-refractivity contribution in [3.05, 3.63) is 36.0 Å². The molecule has 0 aromatic heterocycles. The van der Waals surface area contributed by atoms with Crippen LogP contribution in [0.3, 0.4) is 0 Å². The Morgan fingerprint density at radius 2 is 2.06 bits per heavy atom. The Hall–Kier alpha value is -1.19. The van der Waals surface area contributed by atoms with E-state index in [1.165, 1.54) is 6.08 Å². The number of ketones is 1. The molecule has 0 amide bonds. The fourth-order valence-electron chi connectivity index (χ4n) is 2.25. The van der Waals surface area contributed by atoms with Crippen LogP contribution in [-0.2, 0) is 4.79 Å². The van der Waals surface area contributed by atoms with E-state index >= 15 is 0 Å². The van der Waals surface area contributed by atoms with Crippen molar-refractivity contribution in [2.75, 3.05) is 0 Å². The fraction of sp³-hybridized carbons (Fsp3) is 0.533. The molecule has 0 saturated heterocycles. The van der Waals surface area contributed by atoms with Gasteiger partial charge in [-0.2, -0.15) is 0 Å². The van der Waals surface area contributed by atoms with Gasteiger partial charge in [0.15, 0.2) is 5.78 Å². The van der Waals surface area contributed by atoms with Crippen LogP contribution in [0.5, 0.6) is 0 Å². The first-order valence-electron chi connectivity index (χ1n) is 6.09. The number of carbonyl (C=O) groups excluding carboxylic acids is 1. The summed E-state index contributed by atoms with van der Waals surface area (Å²) in [6.07, 6.45) is 4.30. The van der Waals surface area contributed by atoms with Gasteiger partial charge in [0.25, 0.3) is 0 Å². The Kier molecular flexibility index (Phi) is 3.99. The van der Waals surface area contributed by atoms with Crippen molar-refractivity contribution < 1.29 is 15.0 Å². The van der Waals surface area contributed by atoms with Crippen LogP contribution in [0.4, 0.5) is 0 Å². The molecule has 0 spiro atoms. The topological polar surface area (TPSA) is 57.5 Å². The lowest BCUT2D eigenvalue weighted by Gasteiger charge is -2.35. The zero-order chi connectivity index (χ0) is 14.1. The maximum Gasteiger partial charge on any atom is 0.187 e. The normalized spacial score (nSPS) is 27.4. The molecule has 3 heteroatoms. The second kappa shape index (κ2) is 4.82. The van der Waals surface area contributed by atoms with Crippen molar-refractivity contribution in [3.8, 4) is 0 Å². The molecule has 0 saturated carbocycles. The predicted molar refractivity (Wildman–Crippen MR) is 72.1 cm³/mol. The lowest BCUT2D eigenvalue weighted by Crippen LogP contribution is -2.35. The number of carbonyl (C=O) groups is 1. The highest BCUT2D eigenvalue weighted by atomic mass is 16.3. The van der Waals surface area contributed by atoms with Crippen LogP contribution >= 0.6 is 0 Å². The Bertz CT molecular complexity index is 425. The summed E-state index contributed by atoms with van der Waals surface area (Å²) < 4.78 is 0. The Morgan fingerprint density at radius 1 is 1.50 bits per heavy atom. The summed E-state index contributed by atoms with van der Waals surface area (Å²) in [5.41, 5.74) is 0.0444. The summed E-state index contributed by atoms with van der Waals surface area (Å²) in [6.45, 7) is 10.9. The van der Waals surface area contributed by atoms with Crippen LogP contribution in [0.25, 0.3) is 0 Å². The molecule has 100 valence electrons. The lowest BCUT2D eigenvalue weighted by molar-refractivity contribution is -0.125. The van der Waals surface area contributed by atoms with Crippen molar-refractivity contribution in [2.45, 2.75) is 45.8 Å². The Balaban J connectivity index is 3.19. The summed E-state index contributed by atoms with van der Waals surface area (Å²) in [7, 11) is 0. The quantitative estimate of drug-likeness (QED) is 0.755. The van der Waals surface area contributed by atoms with Gasteiger partial charge in [0, 0.05) is 0 Å². The molecule has 18 heavy (non-hydrogen) atoms. The van der Waals surface area contributed by atoms with Crippen LogP contribution in [0, 0.1) is 5.41 Å². The molecule has 0 aromatic rings. The monoisotopic (exact) mass is 250 g/mol. The third kappa shape index (κ3) is 2.98. The van der Waals surface area contributed by atoms with E-state index in [1.54, 1.807) is 26.0 Å². The average Bonchev–Trinajstić information content (AvgIpc) is 2.25. The molecule has 0 aliphatic heterocycles. The second-order valence-corrected chi connectivity index (χ2v) is 5.77. The van der Waals surface area contributed by atoms with Gasteiger partial charge >= 0.3 is 0 Å². The van der Waals surface area contributed by atoms with E-state index in [0.29, 0.717) is 12.0 Å². The van der Waals surface area contributed by atoms with E-state index in [2.05, 4.69) is 6.58 Å². The van der Waals surface area contributed by atoms with Crippen LogP contribution < -0.4 is 0 Å². The van der Waals surface area contributed by atoms with Crippen LogP contribution in [0.15, 0.2) is 36.0 Å². The molecule has 0 bridgehead atoms. The van der Waals surface area contributed by atoms with Gasteiger partial charge in [-0.25, -0.2) is 0 Å². The molecule has 0 radical (unpaired) electrons. The van der Waals surface area contributed by atoms with Gasteiger partial charge in [-0.05, 0) is 42.9 Å². The standard InChI is InChI=1S/C15H22O3/c1-6-15(5,18)8-7-11-10(2)13(17)12(16)9-14(11,3)4/h6-8,12,16,18H,1,9H2,2-5H3. The predicted octanol–water partition coefficient (Wildman–Crippen LogP) is 2.16. The van der Waals surface area contributed by atoms with Gasteiger partial charge in [-0.15, -0.1) is 0 Å². The van der Waals surface area contributed by atoms with Crippen molar-refractivity contribution >= 4 is 5.78 Å². The Labute approximate surface area is 109 Å². The maximum absolute atomic E-state index is 11.8. The smallest absolute Gasteiger partial charge is 0.187 e. The third-order valence-electron chi connectivity index (χ3n) is 3.51. The summed E-state index contributed by atoms with van der Waals surface area (Å²) in [5, 5.41) is 19.6. The highest BCUT2D eigenvalue weighted by Gasteiger charge is 2.36. The van der Waals surface area contributed by atoms with Crippen LogP contribution in [0.2, 0.25) is 0 Å². The number of rotatable bonds is 3. The van der Waals surface area contributed by atoms with E-state index in [0.717, 1.165) is 5.57 Å². The molecule has 0 fully saturated rings. The van der Waals surface area contributed by atoms with Gasteiger partial charge < -0.3 is 10.2 Å². The maximum atomic E-state index is 11.8. The molecule has 2 N–H and O–H groups in total. The second-order valence-electron chi connectivity index (χ2n) is 5.77. The average molecular weight is 250 g/mol. The Morgan fingerprint density at radius 3 is 2.56 bits per heavy atom. The number of Topliss-reactive ketones (excluding diaryl/α,β-unsaturated/α-hetero) is 1. The molecule has 1 aliphatic carbocycles. The molecule has 1 aliphatic rings. The summed E-state index contributed by atoms with van der Waals surface area (Å²) in [4.78, 5) is 11.8. The SMILES string of the molecule is C=CC(C)(O)C=CC1=C(C)C(=O)C(O)CC1(C)C. The molecule has 2 unspecified atom stereocenters. The number of aliphatic hydroxyl groups excluding tert-OH is 1. The first-order chi connectivity index (χ1) is 8.10. The minimum absolute atomic E-state index is 0.229. The number of hydrogen-bond acceptors (Lipinski definition) is 3. The van der Waals surface area contributed by atoms with Gasteiger partial charge in [-0.1, -0.05) is 32.6 Å². The highest BCUT2D eigenvalue weighted by Crippen LogP contribution is 2.39. The van der Waals surface area contributed by atoms with Crippen LogP contribution in [0.1, 0.15) is 34.1 Å². The van der Waals surface area contributed by atoms with Crippen LogP contribution in [-0.4, -0.2) is 27.7 Å². The van der Waals surface area contributed by atoms with Crippen molar-refractivity contribution in [1.82, 2.24) is 0 Å². The van der Waals surface area contributed by atoms with Crippen molar-refractivity contribution in [3.63, 3.8) is 0 Å². The first kappa shape index (κ1) is 14.9. The van der Waals surface area contributed by atoms with Gasteiger partial charge in [-0.3, -0.25) is 4.79 Å². The summed E-state index contributed by atoms with van der Waals surface area (Å²) in [6, 6.07) is 0. The number of aliphatic hydroxyl groups is 2. The van der Waals surface area contributed by atoms with Gasteiger partial charge in [0.05, 0.1) is 5.60 Å². The van der Waals surface area contributed by atoms with E-state index < -0.39 is 11.7 Å². The van der Waals surface area contributed by atoms with Gasteiger partial charge in [0.2, 0.25) is 0 Å². The van der Waals surface area contributed by atoms with E-state index in [-0.39, 0.29) is 11.2 Å². The third-order valence-corrected chi connectivity index (χ3v) is 3.51. The zero-order valence-electron chi connectivity index (χ0n) is 11.5. The molecule has 0 heterocycles. The molecule has 1 rings (SSSR count). The summed E-state index contributed by atoms with van der Waals surface area (Å²) in [5.74, 6) is -0.229. The van der Waals surface area contributed by atoms with E-state index in [1.807, 2.05) is 13.8 Å². The molecule has 3 nitrogen and oxygen atoms in total. The van der Waals surface area contributed by atoms with Gasteiger partial charge in [0.1, 0.15) is 6.10 Å². The fourth-order valence-corrected chi connectivity index (χ4v) is 2.25. The zero-order valence-corrected chi connectivity index (χ0v) is 11.5. The number of allylic oxidation sites excluding steroid dienone is 2. The minimum Gasteiger partial charge on any atom is -0.385 e. The minimum atomic E-state index is -1.09. The molecule has 0 aromatic carbocycles. The summed E-state index contributed by atoms with van der Waals surface area (Å²) >= 11 is 0. The van der Waals surface area contributed by atoms with Crippen molar-refractivity contribution in [2.24, 2.45) is 5.41 Å². The van der Waals surface area contributed by atoms with Crippen molar-refractivity contribution in [1.29, 1.82) is 0 Å².